The highest BCUT2D eigenvalue weighted by molar-refractivity contribution is 9.10. The molecule has 0 amide bonds. The predicted molar refractivity (Wildman–Crippen MR) is 102 cm³/mol. The van der Waals surface area contributed by atoms with E-state index in [2.05, 4.69) is 53.8 Å². The second kappa shape index (κ2) is 5.34. The Morgan fingerprint density at radius 3 is 3.05 bits per heavy atom. The zero-order valence-corrected chi connectivity index (χ0v) is 15.6. The van der Waals surface area contributed by atoms with Crippen LogP contribution in [0.1, 0.15) is 17.4 Å². The fraction of sp³-hybridized carbons (Fsp3) is 0.267. The summed E-state index contributed by atoms with van der Waals surface area (Å²) in [5.74, 6) is 0. The molecule has 1 aliphatic heterocycles. The molecule has 0 radical (unpaired) electrons. The molecule has 4 rings (SSSR count). The highest BCUT2D eigenvalue weighted by Gasteiger charge is 2.27. The van der Waals surface area contributed by atoms with Crippen molar-refractivity contribution in [3.05, 3.63) is 33.1 Å². The number of halogens is 1. The molecular weight excluding hydrogens is 377 g/mol. The Kier molecular flexibility index (Phi) is 3.56. The molecule has 1 atom stereocenters. The molecule has 0 spiro atoms. The molecule has 0 unspecified atom stereocenters. The molecule has 1 aliphatic rings. The van der Waals surface area contributed by atoms with Crippen molar-refractivity contribution >= 4 is 61.8 Å². The van der Waals surface area contributed by atoms with Crippen LogP contribution in [-0.2, 0) is 13.0 Å². The van der Waals surface area contributed by atoms with Crippen LogP contribution in [0.2, 0.25) is 0 Å². The van der Waals surface area contributed by atoms with Gasteiger partial charge in [-0.15, -0.1) is 22.7 Å². The molecule has 1 aromatic carbocycles. The van der Waals surface area contributed by atoms with Crippen LogP contribution < -0.4 is 5.73 Å². The average Bonchev–Trinajstić information content (AvgIpc) is 2.99. The molecule has 0 bridgehead atoms. The van der Waals surface area contributed by atoms with E-state index in [0.29, 0.717) is 6.04 Å². The molecule has 3 heterocycles. The van der Waals surface area contributed by atoms with Crippen molar-refractivity contribution in [2.24, 2.45) is 0 Å². The molecule has 2 N–H and O–H groups in total. The van der Waals surface area contributed by atoms with Gasteiger partial charge in [-0.1, -0.05) is 22.9 Å². The Morgan fingerprint density at radius 2 is 2.23 bits per heavy atom. The van der Waals surface area contributed by atoms with E-state index in [1.165, 1.54) is 20.7 Å². The number of hydrogen-bond donors (Lipinski definition) is 1. The summed E-state index contributed by atoms with van der Waals surface area (Å²) in [7, 11) is 2.18. The summed E-state index contributed by atoms with van der Waals surface area (Å²) in [6, 6.07) is 6.80. The van der Waals surface area contributed by atoms with Gasteiger partial charge in [-0.2, -0.15) is 0 Å². The van der Waals surface area contributed by atoms with Crippen LogP contribution in [0.5, 0.6) is 0 Å². The quantitative estimate of drug-likeness (QED) is 0.643. The topological polar surface area (TPSA) is 42.1 Å². The van der Waals surface area contributed by atoms with E-state index in [1.807, 2.05) is 0 Å². The van der Waals surface area contributed by atoms with Crippen molar-refractivity contribution in [1.82, 2.24) is 9.79 Å². The maximum absolute atomic E-state index is 6.35. The first kappa shape index (κ1) is 14.7. The summed E-state index contributed by atoms with van der Waals surface area (Å²) in [4.78, 5) is 8.61. The van der Waals surface area contributed by atoms with Crippen molar-refractivity contribution in [3.63, 3.8) is 0 Å². The summed E-state index contributed by atoms with van der Waals surface area (Å²) in [5.41, 5.74) is 9.98. The second-order valence-electron chi connectivity index (χ2n) is 5.84. The summed E-state index contributed by atoms with van der Waals surface area (Å²) in [6.07, 6.45) is 1.05. The number of aromatic nitrogens is 1. The van der Waals surface area contributed by atoms with Gasteiger partial charge in [0.25, 0.3) is 0 Å². The number of anilines is 1. The van der Waals surface area contributed by atoms with Gasteiger partial charge in [0.15, 0.2) is 7.98 Å². The van der Waals surface area contributed by atoms with Crippen molar-refractivity contribution in [1.29, 1.82) is 0 Å². The van der Waals surface area contributed by atoms with Gasteiger partial charge < -0.3 is 10.5 Å². The molecule has 22 heavy (non-hydrogen) atoms. The van der Waals surface area contributed by atoms with Gasteiger partial charge in [0.05, 0.1) is 15.2 Å². The predicted octanol–water partition coefficient (Wildman–Crippen LogP) is 3.66. The third-order valence-electron chi connectivity index (χ3n) is 4.33. The number of nitrogen functional groups attached to an aromatic ring is 1. The van der Waals surface area contributed by atoms with Gasteiger partial charge >= 0.3 is 0 Å². The lowest BCUT2D eigenvalue weighted by Crippen LogP contribution is -2.35. The van der Waals surface area contributed by atoms with Crippen LogP contribution in [0, 0.1) is 0 Å². The fourth-order valence-corrected chi connectivity index (χ4v) is 5.56. The molecular formula is C15H15BBrN3S2. The Morgan fingerprint density at radius 1 is 1.41 bits per heavy atom. The number of thiazole rings is 1. The summed E-state index contributed by atoms with van der Waals surface area (Å²) in [5, 5.41) is 1.96. The number of rotatable bonds is 1. The molecule has 3 nitrogen and oxygen atoms in total. The zero-order chi connectivity index (χ0) is 15.4. The van der Waals surface area contributed by atoms with E-state index in [9.17, 15) is 0 Å². The molecule has 7 heteroatoms. The number of nitrogens with zero attached hydrogens (tertiary/aromatic N) is 2. The van der Waals surface area contributed by atoms with Gasteiger partial charge in [-0.3, -0.25) is 0 Å². The molecule has 0 saturated carbocycles. The van der Waals surface area contributed by atoms with Crippen LogP contribution in [0.3, 0.4) is 0 Å². The first-order valence-electron chi connectivity index (χ1n) is 7.19. The van der Waals surface area contributed by atoms with E-state index in [4.69, 9.17) is 10.7 Å². The lowest BCUT2D eigenvalue weighted by atomic mass is 9.95. The lowest BCUT2D eigenvalue weighted by Gasteiger charge is -2.30. The minimum absolute atomic E-state index is 0.545. The van der Waals surface area contributed by atoms with E-state index in [1.54, 1.807) is 22.7 Å². The maximum atomic E-state index is 6.35. The number of benzene rings is 1. The van der Waals surface area contributed by atoms with E-state index in [-0.39, 0.29) is 0 Å². The summed E-state index contributed by atoms with van der Waals surface area (Å²) >= 11 is 6.97. The van der Waals surface area contributed by atoms with Crippen LogP contribution >= 0.6 is 38.6 Å². The lowest BCUT2D eigenvalue weighted by molar-refractivity contribution is 0.332. The smallest absolute Gasteiger partial charge is 0.186 e. The van der Waals surface area contributed by atoms with E-state index in [0.717, 1.165) is 33.0 Å². The van der Waals surface area contributed by atoms with Gasteiger partial charge in [0, 0.05) is 27.5 Å². The third-order valence-corrected chi connectivity index (χ3v) is 6.92. The molecule has 0 fully saturated rings. The largest absolute Gasteiger partial charge is 0.390 e. The van der Waals surface area contributed by atoms with Crippen LogP contribution in [0.4, 0.5) is 5.00 Å². The highest BCUT2D eigenvalue weighted by atomic mass is 79.9. The molecule has 2 aromatic heterocycles. The fourth-order valence-electron chi connectivity index (χ4n) is 2.95. The number of thiophene rings is 1. The van der Waals surface area contributed by atoms with Crippen molar-refractivity contribution in [3.8, 4) is 10.6 Å². The zero-order valence-electron chi connectivity index (χ0n) is 12.4. The molecule has 0 saturated heterocycles. The molecule has 3 aromatic rings. The van der Waals surface area contributed by atoms with Crippen LogP contribution in [-0.4, -0.2) is 23.8 Å². The Labute approximate surface area is 146 Å². The monoisotopic (exact) mass is 391 g/mol. The van der Waals surface area contributed by atoms with Crippen molar-refractivity contribution < 1.29 is 0 Å². The minimum Gasteiger partial charge on any atom is -0.390 e. The Hall–Kier alpha value is -0.885. The minimum atomic E-state index is 0.545. The third kappa shape index (κ3) is 2.31. The van der Waals surface area contributed by atoms with E-state index < -0.39 is 0 Å². The summed E-state index contributed by atoms with van der Waals surface area (Å²) in [6.45, 7) is 3.26. The first-order valence-corrected chi connectivity index (χ1v) is 9.62. The normalized spacial score (nSPS) is 18.7. The first-order chi connectivity index (χ1) is 10.5. The van der Waals surface area contributed by atoms with Gasteiger partial charge in [-0.05, 0) is 30.2 Å². The number of hydrogen-bond acceptors (Lipinski definition) is 5. The van der Waals surface area contributed by atoms with Crippen molar-refractivity contribution in [2.45, 2.75) is 25.9 Å². The molecule has 112 valence electrons. The second-order valence-corrected chi connectivity index (χ2v) is 8.93. The van der Waals surface area contributed by atoms with Gasteiger partial charge in [0.1, 0.15) is 5.01 Å². The SMILES string of the molecule is BN1Cc2sc(N)c(-c3nc4cc(Br)ccc4s3)c2C[C@H]1C. The van der Waals surface area contributed by atoms with Gasteiger partial charge in [0.2, 0.25) is 0 Å². The van der Waals surface area contributed by atoms with E-state index >= 15 is 0 Å². The maximum Gasteiger partial charge on any atom is 0.186 e. The van der Waals surface area contributed by atoms with Crippen LogP contribution in [0.15, 0.2) is 22.7 Å². The highest BCUT2D eigenvalue weighted by Crippen LogP contribution is 2.44. The number of nitrogens with two attached hydrogens (primary N) is 1. The Bertz CT molecular complexity index is 873. The standard InChI is InChI=1S/C15H15BBrN3S2/c1-7-4-9-12(6-20(7)16)21-14(18)13(9)15-19-10-5-8(17)2-3-11(10)22-15/h2-3,5,7H,4,6,16,18H2,1H3/t7-/m1/s1. The Balaban J connectivity index is 1.88. The van der Waals surface area contributed by atoms with Crippen LogP contribution in [0.25, 0.3) is 20.8 Å². The van der Waals surface area contributed by atoms with Gasteiger partial charge in [-0.25, -0.2) is 4.98 Å². The number of fused-ring (bicyclic) bond motifs is 2. The average molecular weight is 392 g/mol. The van der Waals surface area contributed by atoms with Crippen molar-refractivity contribution in [2.75, 3.05) is 5.73 Å². The summed E-state index contributed by atoms with van der Waals surface area (Å²) < 4.78 is 2.27. The molecule has 0 aliphatic carbocycles.